The molecule has 0 spiro atoms. The highest BCUT2D eigenvalue weighted by Gasteiger charge is 2.13. The number of halogens is 1. The van der Waals surface area contributed by atoms with E-state index in [4.69, 9.17) is 0 Å². The van der Waals surface area contributed by atoms with E-state index in [-0.39, 0.29) is 5.82 Å². The van der Waals surface area contributed by atoms with Gasteiger partial charge in [-0.3, -0.25) is 9.55 Å². The highest BCUT2D eigenvalue weighted by molar-refractivity contribution is 7.98. The van der Waals surface area contributed by atoms with Crippen LogP contribution in [0.3, 0.4) is 0 Å². The van der Waals surface area contributed by atoms with E-state index in [0.29, 0.717) is 12.3 Å². The number of rotatable bonds is 6. The third-order valence-electron chi connectivity index (χ3n) is 3.25. The predicted octanol–water partition coefficient (Wildman–Crippen LogP) is 3.96. The second-order valence-electron chi connectivity index (χ2n) is 4.86. The number of nitrogens with zero attached hydrogens (tertiary/aromatic N) is 4. The SMILES string of the molecule is C=CCn1c(SCc2ccc(F)cc2)nnc1-c1ccncc1. The first-order chi connectivity index (χ1) is 11.3. The largest absolute Gasteiger partial charge is 0.298 e. The minimum absolute atomic E-state index is 0.228. The molecule has 6 heteroatoms. The van der Waals surface area contributed by atoms with Gasteiger partial charge in [-0.2, -0.15) is 0 Å². The first kappa shape index (κ1) is 15.4. The summed E-state index contributed by atoms with van der Waals surface area (Å²) in [4.78, 5) is 4.02. The van der Waals surface area contributed by atoms with E-state index in [1.807, 2.05) is 22.8 Å². The van der Waals surface area contributed by atoms with Gasteiger partial charge in [0.25, 0.3) is 0 Å². The fourth-order valence-corrected chi connectivity index (χ4v) is 3.04. The molecule has 23 heavy (non-hydrogen) atoms. The number of hydrogen-bond acceptors (Lipinski definition) is 4. The molecule has 2 aromatic heterocycles. The summed E-state index contributed by atoms with van der Waals surface area (Å²) in [6.07, 6.45) is 5.27. The lowest BCUT2D eigenvalue weighted by Crippen LogP contribution is -2.00. The summed E-state index contributed by atoms with van der Waals surface area (Å²) in [6.45, 7) is 4.42. The quantitative estimate of drug-likeness (QED) is 0.508. The van der Waals surface area contributed by atoms with Crippen LogP contribution in [0.15, 0.2) is 66.6 Å². The monoisotopic (exact) mass is 326 g/mol. The van der Waals surface area contributed by atoms with E-state index in [0.717, 1.165) is 22.1 Å². The molecule has 0 saturated carbocycles. The average molecular weight is 326 g/mol. The Bertz CT molecular complexity index is 784. The molecular weight excluding hydrogens is 311 g/mol. The van der Waals surface area contributed by atoms with Crippen LogP contribution in [0.1, 0.15) is 5.56 Å². The Kier molecular flexibility index (Phi) is 4.83. The molecule has 0 aliphatic carbocycles. The Balaban J connectivity index is 1.83. The van der Waals surface area contributed by atoms with E-state index in [1.54, 1.807) is 36.3 Å². The van der Waals surface area contributed by atoms with Crippen molar-refractivity contribution in [3.63, 3.8) is 0 Å². The second-order valence-corrected chi connectivity index (χ2v) is 5.80. The molecule has 0 bridgehead atoms. The Morgan fingerprint density at radius 3 is 2.52 bits per heavy atom. The van der Waals surface area contributed by atoms with E-state index in [9.17, 15) is 4.39 Å². The Hall–Kier alpha value is -2.47. The number of allylic oxidation sites excluding steroid dienone is 1. The first-order valence-electron chi connectivity index (χ1n) is 7.09. The third-order valence-corrected chi connectivity index (χ3v) is 4.29. The van der Waals surface area contributed by atoms with Crippen LogP contribution in [0.4, 0.5) is 4.39 Å². The lowest BCUT2D eigenvalue weighted by atomic mass is 10.2. The van der Waals surface area contributed by atoms with E-state index in [1.165, 1.54) is 12.1 Å². The maximum Gasteiger partial charge on any atom is 0.192 e. The topological polar surface area (TPSA) is 43.6 Å². The standard InChI is InChI=1S/C17H15FN4S/c1-2-11-22-16(14-7-9-19-10-8-14)20-21-17(22)23-12-13-3-5-15(18)6-4-13/h2-10H,1,11-12H2. The Morgan fingerprint density at radius 2 is 1.83 bits per heavy atom. The number of aromatic nitrogens is 4. The predicted molar refractivity (Wildman–Crippen MR) is 89.4 cm³/mol. The number of pyridine rings is 1. The van der Waals surface area contributed by atoms with Crippen molar-refractivity contribution in [2.45, 2.75) is 17.5 Å². The normalized spacial score (nSPS) is 10.7. The minimum atomic E-state index is -0.228. The summed E-state index contributed by atoms with van der Waals surface area (Å²) in [5.74, 6) is 1.26. The van der Waals surface area contributed by atoms with Gasteiger partial charge in [0, 0.05) is 30.3 Å². The molecule has 0 amide bonds. The smallest absolute Gasteiger partial charge is 0.192 e. The maximum atomic E-state index is 13.0. The van der Waals surface area contributed by atoms with Gasteiger partial charge in [-0.25, -0.2) is 4.39 Å². The fourth-order valence-electron chi connectivity index (χ4n) is 2.13. The third kappa shape index (κ3) is 3.65. The van der Waals surface area contributed by atoms with Crippen LogP contribution in [0.2, 0.25) is 0 Å². The van der Waals surface area contributed by atoms with Crippen molar-refractivity contribution < 1.29 is 4.39 Å². The van der Waals surface area contributed by atoms with Crippen molar-refractivity contribution in [1.29, 1.82) is 0 Å². The summed E-state index contributed by atoms with van der Waals surface area (Å²) in [5, 5.41) is 9.37. The molecule has 0 atom stereocenters. The summed E-state index contributed by atoms with van der Waals surface area (Å²) >= 11 is 1.56. The van der Waals surface area contributed by atoms with Crippen LogP contribution in [-0.4, -0.2) is 19.7 Å². The van der Waals surface area contributed by atoms with Crippen molar-refractivity contribution in [2.75, 3.05) is 0 Å². The number of hydrogen-bond donors (Lipinski definition) is 0. The van der Waals surface area contributed by atoms with Gasteiger partial charge in [0.15, 0.2) is 11.0 Å². The molecule has 0 unspecified atom stereocenters. The molecular formula is C17H15FN4S. The molecule has 2 heterocycles. The van der Waals surface area contributed by atoms with Crippen molar-refractivity contribution in [3.05, 3.63) is 72.8 Å². The molecule has 0 aliphatic heterocycles. The van der Waals surface area contributed by atoms with Crippen LogP contribution in [0, 0.1) is 5.82 Å². The van der Waals surface area contributed by atoms with Gasteiger partial charge in [0.05, 0.1) is 0 Å². The van der Waals surface area contributed by atoms with Gasteiger partial charge in [-0.05, 0) is 29.8 Å². The Morgan fingerprint density at radius 1 is 1.09 bits per heavy atom. The highest BCUT2D eigenvalue weighted by atomic mass is 32.2. The second kappa shape index (κ2) is 7.19. The van der Waals surface area contributed by atoms with E-state index >= 15 is 0 Å². The van der Waals surface area contributed by atoms with Gasteiger partial charge in [0.1, 0.15) is 5.82 Å². The van der Waals surface area contributed by atoms with Gasteiger partial charge >= 0.3 is 0 Å². The zero-order chi connectivity index (χ0) is 16.1. The van der Waals surface area contributed by atoms with Crippen molar-refractivity contribution >= 4 is 11.8 Å². The molecule has 4 nitrogen and oxygen atoms in total. The lowest BCUT2D eigenvalue weighted by molar-refractivity contribution is 0.627. The summed E-state index contributed by atoms with van der Waals surface area (Å²) in [5.41, 5.74) is 2.00. The minimum Gasteiger partial charge on any atom is -0.298 e. The summed E-state index contributed by atoms with van der Waals surface area (Å²) < 4.78 is 15.0. The van der Waals surface area contributed by atoms with Gasteiger partial charge in [0.2, 0.25) is 0 Å². The van der Waals surface area contributed by atoms with Gasteiger partial charge in [-0.15, -0.1) is 16.8 Å². The van der Waals surface area contributed by atoms with Crippen LogP contribution in [0.5, 0.6) is 0 Å². The van der Waals surface area contributed by atoms with Crippen LogP contribution in [-0.2, 0) is 12.3 Å². The highest BCUT2D eigenvalue weighted by Crippen LogP contribution is 2.26. The van der Waals surface area contributed by atoms with E-state index < -0.39 is 0 Å². The molecule has 3 rings (SSSR count). The average Bonchev–Trinajstić information content (AvgIpc) is 2.98. The molecule has 0 saturated heterocycles. The fraction of sp³-hybridized carbons (Fsp3) is 0.118. The van der Waals surface area contributed by atoms with Gasteiger partial charge < -0.3 is 0 Å². The number of benzene rings is 1. The summed E-state index contributed by atoms with van der Waals surface area (Å²) in [6, 6.07) is 10.3. The summed E-state index contributed by atoms with van der Waals surface area (Å²) in [7, 11) is 0. The first-order valence-corrected chi connectivity index (χ1v) is 8.08. The van der Waals surface area contributed by atoms with Crippen LogP contribution in [0.25, 0.3) is 11.4 Å². The van der Waals surface area contributed by atoms with Gasteiger partial charge in [-0.1, -0.05) is 30.0 Å². The molecule has 0 N–H and O–H groups in total. The van der Waals surface area contributed by atoms with Crippen molar-refractivity contribution in [2.24, 2.45) is 0 Å². The van der Waals surface area contributed by atoms with Crippen molar-refractivity contribution in [1.82, 2.24) is 19.7 Å². The molecule has 0 aliphatic rings. The van der Waals surface area contributed by atoms with E-state index in [2.05, 4.69) is 21.8 Å². The zero-order valence-electron chi connectivity index (χ0n) is 12.4. The van der Waals surface area contributed by atoms with Crippen LogP contribution >= 0.6 is 11.8 Å². The lowest BCUT2D eigenvalue weighted by Gasteiger charge is -2.07. The molecule has 3 aromatic rings. The Labute approximate surface area is 138 Å². The van der Waals surface area contributed by atoms with Crippen molar-refractivity contribution in [3.8, 4) is 11.4 Å². The molecule has 1 aromatic carbocycles. The van der Waals surface area contributed by atoms with Crippen LogP contribution < -0.4 is 0 Å². The molecule has 0 fully saturated rings. The molecule has 0 radical (unpaired) electrons. The zero-order valence-corrected chi connectivity index (χ0v) is 13.2. The molecule has 116 valence electrons. The maximum absolute atomic E-state index is 13.0. The number of thioether (sulfide) groups is 1.